The molecule has 2 atom stereocenters. The Bertz CT molecular complexity index is 620. The van der Waals surface area contributed by atoms with Crippen molar-refractivity contribution in [1.29, 1.82) is 0 Å². The predicted molar refractivity (Wildman–Crippen MR) is 93.3 cm³/mol. The van der Waals surface area contributed by atoms with E-state index in [9.17, 15) is 13.8 Å². The number of carbonyl (C=O) groups is 2. The van der Waals surface area contributed by atoms with Gasteiger partial charge in [-0.1, -0.05) is 12.1 Å². The molecule has 0 spiro atoms. The largest absolute Gasteiger partial charge is 0.450 e. The molecular weight excluding hydrogens is 328 g/mol. The zero-order valence-electron chi connectivity index (χ0n) is 14.1. The maximum absolute atomic E-state index is 12.7. The monoisotopic (exact) mass is 352 g/mol. The molecule has 2 rings (SSSR count). The van der Waals surface area contributed by atoms with E-state index in [4.69, 9.17) is 4.74 Å². The Morgan fingerprint density at radius 2 is 2.21 bits per heavy atom. The minimum atomic E-state index is -0.944. The summed E-state index contributed by atoms with van der Waals surface area (Å²) in [4.78, 5) is 26.0. The number of benzene rings is 1. The summed E-state index contributed by atoms with van der Waals surface area (Å²) >= 11 is 0. The van der Waals surface area contributed by atoms with E-state index in [1.54, 1.807) is 30.2 Å². The van der Waals surface area contributed by atoms with Crippen LogP contribution >= 0.6 is 0 Å². The molecular formula is C17H24N2O4S. The van der Waals surface area contributed by atoms with Gasteiger partial charge in [0.05, 0.1) is 6.61 Å². The molecule has 0 saturated carbocycles. The SMILES string of the molecule is CCOC(=O)N[C@@H]1CCCN(C(=O)c2cccc(C[S@@](C)=O)c2)C1. The van der Waals surface area contributed by atoms with Crippen LogP contribution in [0.5, 0.6) is 0 Å². The highest BCUT2D eigenvalue weighted by Crippen LogP contribution is 2.16. The first-order valence-corrected chi connectivity index (χ1v) is 9.84. The number of amides is 2. The second-order valence-corrected chi connectivity index (χ2v) is 7.31. The Labute approximate surface area is 145 Å². The maximum Gasteiger partial charge on any atom is 0.407 e. The average molecular weight is 352 g/mol. The summed E-state index contributed by atoms with van der Waals surface area (Å²) in [7, 11) is -0.944. The first kappa shape index (κ1) is 18.4. The molecule has 1 fully saturated rings. The van der Waals surface area contributed by atoms with Gasteiger partial charge in [-0.3, -0.25) is 9.00 Å². The van der Waals surface area contributed by atoms with Gasteiger partial charge in [0.1, 0.15) is 0 Å². The van der Waals surface area contributed by atoms with Gasteiger partial charge in [-0.2, -0.15) is 0 Å². The number of carbonyl (C=O) groups excluding carboxylic acids is 2. The van der Waals surface area contributed by atoms with Crippen LogP contribution in [0.3, 0.4) is 0 Å². The van der Waals surface area contributed by atoms with Crippen LogP contribution in [0.1, 0.15) is 35.7 Å². The zero-order valence-corrected chi connectivity index (χ0v) is 14.9. The molecule has 1 N–H and O–H groups in total. The first-order chi connectivity index (χ1) is 11.5. The van der Waals surface area contributed by atoms with Crippen molar-refractivity contribution in [1.82, 2.24) is 10.2 Å². The lowest BCUT2D eigenvalue weighted by Crippen LogP contribution is -2.49. The summed E-state index contributed by atoms with van der Waals surface area (Å²) in [5.74, 6) is 0.378. The van der Waals surface area contributed by atoms with Gasteiger partial charge in [-0.05, 0) is 37.5 Å². The van der Waals surface area contributed by atoms with Crippen molar-refractivity contribution >= 4 is 22.8 Å². The lowest BCUT2D eigenvalue weighted by Gasteiger charge is -2.33. The van der Waals surface area contributed by atoms with Crippen LogP contribution in [0, 0.1) is 0 Å². The third-order valence-corrected chi connectivity index (χ3v) is 4.59. The van der Waals surface area contributed by atoms with E-state index in [0.717, 1.165) is 18.4 Å². The Hall–Kier alpha value is -1.89. The summed E-state index contributed by atoms with van der Waals surface area (Å²) in [6.07, 6.45) is 2.87. The molecule has 1 saturated heterocycles. The standard InChI is InChI=1S/C17H24N2O4S/c1-3-23-17(21)18-15-8-5-9-19(11-15)16(20)14-7-4-6-13(10-14)12-24(2)22/h4,6-7,10,15H,3,5,8-9,11-12H2,1-2H3,(H,18,21)/t15-,24-/m1/s1. The summed E-state index contributed by atoms with van der Waals surface area (Å²) in [6, 6.07) is 7.17. The van der Waals surface area contributed by atoms with Crippen LogP contribution in [0.25, 0.3) is 0 Å². The van der Waals surface area contributed by atoms with Gasteiger partial charge in [0, 0.05) is 47.5 Å². The minimum Gasteiger partial charge on any atom is -0.450 e. The van der Waals surface area contributed by atoms with E-state index in [1.165, 1.54) is 0 Å². The van der Waals surface area contributed by atoms with E-state index in [0.29, 0.717) is 31.0 Å². The molecule has 0 aromatic heterocycles. The van der Waals surface area contributed by atoms with E-state index in [2.05, 4.69) is 5.32 Å². The molecule has 0 bridgehead atoms. The summed E-state index contributed by atoms with van der Waals surface area (Å²) < 4.78 is 16.3. The van der Waals surface area contributed by atoms with Crippen LogP contribution < -0.4 is 5.32 Å². The molecule has 1 aliphatic heterocycles. The number of alkyl carbamates (subject to hydrolysis) is 1. The number of nitrogens with zero attached hydrogens (tertiary/aromatic N) is 1. The number of piperidine rings is 1. The van der Waals surface area contributed by atoms with Gasteiger partial charge in [0.25, 0.3) is 5.91 Å². The Morgan fingerprint density at radius 1 is 1.42 bits per heavy atom. The van der Waals surface area contributed by atoms with Crippen molar-refractivity contribution in [3.8, 4) is 0 Å². The number of rotatable bonds is 5. The van der Waals surface area contributed by atoms with Crippen LogP contribution in [-0.2, 0) is 21.3 Å². The molecule has 7 heteroatoms. The van der Waals surface area contributed by atoms with Crippen molar-refractivity contribution in [2.75, 3.05) is 26.0 Å². The minimum absolute atomic E-state index is 0.0610. The molecule has 0 aliphatic carbocycles. The molecule has 6 nitrogen and oxygen atoms in total. The van der Waals surface area contributed by atoms with E-state index < -0.39 is 16.9 Å². The lowest BCUT2D eigenvalue weighted by atomic mass is 10.0. The quantitative estimate of drug-likeness (QED) is 0.878. The molecule has 1 heterocycles. The third kappa shape index (κ3) is 5.33. The molecule has 132 valence electrons. The number of likely N-dealkylation sites (tertiary alicyclic amines) is 1. The highest BCUT2D eigenvalue weighted by atomic mass is 32.2. The maximum atomic E-state index is 12.7. The van der Waals surface area contributed by atoms with Gasteiger partial charge in [0.15, 0.2) is 0 Å². The van der Waals surface area contributed by atoms with Crippen LogP contribution in [-0.4, -0.2) is 53.1 Å². The number of ether oxygens (including phenoxy) is 1. The summed E-state index contributed by atoms with van der Waals surface area (Å²) in [5.41, 5.74) is 1.48. The fourth-order valence-electron chi connectivity index (χ4n) is 2.83. The molecule has 2 amide bonds. The normalized spacial score (nSPS) is 18.8. The Morgan fingerprint density at radius 3 is 2.92 bits per heavy atom. The van der Waals surface area contributed by atoms with E-state index >= 15 is 0 Å². The van der Waals surface area contributed by atoms with Gasteiger partial charge < -0.3 is 15.0 Å². The molecule has 1 aromatic rings. The smallest absolute Gasteiger partial charge is 0.407 e. The van der Waals surface area contributed by atoms with Gasteiger partial charge in [0.2, 0.25) is 0 Å². The van der Waals surface area contributed by atoms with Crippen LogP contribution in [0.4, 0.5) is 4.79 Å². The van der Waals surface area contributed by atoms with Crippen LogP contribution in [0.15, 0.2) is 24.3 Å². The van der Waals surface area contributed by atoms with Gasteiger partial charge >= 0.3 is 6.09 Å². The van der Waals surface area contributed by atoms with Gasteiger partial charge in [-0.25, -0.2) is 4.79 Å². The first-order valence-electron chi connectivity index (χ1n) is 8.11. The van der Waals surface area contributed by atoms with Crippen molar-refractivity contribution < 1.29 is 18.5 Å². The Kier molecular flexibility index (Phi) is 6.78. The number of hydrogen-bond donors (Lipinski definition) is 1. The molecule has 1 aromatic carbocycles. The van der Waals surface area contributed by atoms with Crippen molar-refractivity contribution in [3.05, 3.63) is 35.4 Å². The zero-order chi connectivity index (χ0) is 17.5. The third-order valence-electron chi connectivity index (χ3n) is 3.85. The molecule has 0 unspecified atom stereocenters. The summed E-state index contributed by atoms with van der Waals surface area (Å²) in [5, 5.41) is 2.80. The molecule has 0 radical (unpaired) electrons. The van der Waals surface area contributed by atoms with Crippen molar-refractivity contribution in [3.63, 3.8) is 0 Å². The van der Waals surface area contributed by atoms with Crippen LogP contribution in [0.2, 0.25) is 0 Å². The highest BCUT2D eigenvalue weighted by molar-refractivity contribution is 7.83. The average Bonchev–Trinajstić information content (AvgIpc) is 2.54. The predicted octanol–water partition coefficient (Wildman–Crippen LogP) is 1.92. The highest BCUT2D eigenvalue weighted by Gasteiger charge is 2.25. The van der Waals surface area contributed by atoms with E-state index in [-0.39, 0.29) is 11.9 Å². The molecule has 1 aliphatic rings. The fourth-order valence-corrected chi connectivity index (χ4v) is 3.48. The number of hydrogen-bond acceptors (Lipinski definition) is 4. The van der Waals surface area contributed by atoms with E-state index in [1.807, 2.05) is 12.1 Å². The molecule has 24 heavy (non-hydrogen) atoms. The number of nitrogens with one attached hydrogen (secondary N) is 1. The summed E-state index contributed by atoms with van der Waals surface area (Å²) in [6.45, 7) is 3.23. The second kappa shape index (κ2) is 8.82. The lowest BCUT2D eigenvalue weighted by molar-refractivity contribution is 0.0686. The van der Waals surface area contributed by atoms with Gasteiger partial charge in [-0.15, -0.1) is 0 Å². The second-order valence-electron chi connectivity index (χ2n) is 5.87. The fraction of sp³-hybridized carbons (Fsp3) is 0.529. The van der Waals surface area contributed by atoms with Crippen molar-refractivity contribution in [2.24, 2.45) is 0 Å². The Balaban J connectivity index is 2.01. The van der Waals surface area contributed by atoms with Crippen molar-refractivity contribution in [2.45, 2.75) is 31.6 Å². The topological polar surface area (TPSA) is 75.7 Å².